The highest BCUT2D eigenvalue weighted by atomic mass is 19.4. The van der Waals surface area contributed by atoms with Crippen LogP contribution >= 0.6 is 0 Å². The summed E-state index contributed by atoms with van der Waals surface area (Å²) in [5.41, 5.74) is 6.20. The molecule has 0 atom stereocenters. The molecular weight excluding hydrogens is 272 g/mol. The average molecular weight is 284 g/mol. The Morgan fingerprint density at radius 3 is 2.20 bits per heavy atom. The highest BCUT2D eigenvalue weighted by molar-refractivity contribution is 5.54. The van der Waals surface area contributed by atoms with Gasteiger partial charge >= 0.3 is 6.18 Å². The third-order valence-electron chi connectivity index (χ3n) is 2.70. The van der Waals surface area contributed by atoms with Crippen LogP contribution < -0.4 is 11.1 Å². The minimum Gasteiger partial charge on any atom is -0.399 e. The highest BCUT2D eigenvalue weighted by Gasteiger charge is 2.29. The van der Waals surface area contributed by atoms with Crippen molar-refractivity contribution < 1.29 is 17.6 Å². The third-order valence-corrected chi connectivity index (χ3v) is 2.70. The van der Waals surface area contributed by atoms with Crippen LogP contribution in [0.1, 0.15) is 11.1 Å². The Kier molecular flexibility index (Phi) is 3.83. The van der Waals surface area contributed by atoms with E-state index >= 15 is 0 Å². The molecule has 0 radical (unpaired) electrons. The molecule has 2 aromatic rings. The summed E-state index contributed by atoms with van der Waals surface area (Å²) < 4.78 is 50.3. The summed E-state index contributed by atoms with van der Waals surface area (Å²) in [6.45, 7) is 0.279. The topological polar surface area (TPSA) is 38.0 Å². The van der Waals surface area contributed by atoms with E-state index in [0.29, 0.717) is 11.3 Å². The number of anilines is 2. The van der Waals surface area contributed by atoms with E-state index in [4.69, 9.17) is 5.73 Å². The molecule has 0 spiro atoms. The van der Waals surface area contributed by atoms with Gasteiger partial charge in [-0.1, -0.05) is 12.1 Å². The van der Waals surface area contributed by atoms with Gasteiger partial charge in [-0.15, -0.1) is 0 Å². The molecule has 0 aromatic heterocycles. The number of alkyl halides is 3. The fourth-order valence-electron chi connectivity index (χ4n) is 1.73. The van der Waals surface area contributed by atoms with E-state index in [-0.39, 0.29) is 12.2 Å². The molecule has 0 heterocycles. The summed E-state index contributed by atoms with van der Waals surface area (Å²) in [6.07, 6.45) is -4.34. The van der Waals surface area contributed by atoms with Gasteiger partial charge in [0.1, 0.15) is 5.82 Å². The minimum atomic E-state index is -4.34. The first kappa shape index (κ1) is 14.2. The molecule has 0 saturated heterocycles. The minimum absolute atomic E-state index is 0.278. The number of rotatable bonds is 3. The van der Waals surface area contributed by atoms with Gasteiger partial charge in [-0.2, -0.15) is 13.2 Å². The predicted octanol–water partition coefficient (Wildman–Crippen LogP) is 4.04. The van der Waals surface area contributed by atoms with Gasteiger partial charge in [0.15, 0.2) is 0 Å². The van der Waals surface area contributed by atoms with Gasteiger partial charge < -0.3 is 11.1 Å². The molecule has 2 nitrogen and oxygen atoms in total. The molecule has 0 aliphatic rings. The van der Waals surface area contributed by atoms with Crippen LogP contribution in [0.2, 0.25) is 0 Å². The summed E-state index contributed by atoms with van der Waals surface area (Å²) in [7, 11) is 0. The Balaban J connectivity index is 2.04. The summed E-state index contributed by atoms with van der Waals surface area (Å²) >= 11 is 0. The van der Waals surface area contributed by atoms with Crippen molar-refractivity contribution >= 4 is 11.4 Å². The van der Waals surface area contributed by atoms with Crippen molar-refractivity contribution in [3.63, 3.8) is 0 Å². The monoisotopic (exact) mass is 284 g/mol. The number of benzene rings is 2. The lowest BCUT2D eigenvalue weighted by Gasteiger charge is -2.10. The maximum absolute atomic E-state index is 13.1. The summed E-state index contributed by atoms with van der Waals surface area (Å²) in [5, 5.41) is 2.90. The Morgan fingerprint density at radius 2 is 1.65 bits per heavy atom. The highest BCUT2D eigenvalue weighted by Crippen LogP contribution is 2.29. The molecule has 20 heavy (non-hydrogen) atoms. The van der Waals surface area contributed by atoms with Crippen LogP contribution in [-0.4, -0.2) is 0 Å². The van der Waals surface area contributed by atoms with Gasteiger partial charge in [0, 0.05) is 17.9 Å². The molecule has 0 aliphatic carbocycles. The second-order valence-electron chi connectivity index (χ2n) is 4.32. The largest absolute Gasteiger partial charge is 0.416 e. The maximum atomic E-state index is 13.1. The van der Waals surface area contributed by atoms with Gasteiger partial charge in [-0.25, -0.2) is 4.39 Å². The zero-order valence-corrected chi connectivity index (χ0v) is 10.3. The molecule has 0 saturated carbocycles. The van der Waals surface area contributed by atoms with Gasteiger partial charge in [0.2, 0.25) is 0 Å². The second-order valence-corrected chi connectivity index (χ2v) is 4.32. The Labute approximate surface area is 113 Å². The molecule has 0 unspecified atom stereocenters. The van der Waals surface area contributed by atoms with Crippen LogP contribution in [0.4, 0.5) is 28.9 Å². The Morgan fingerprint density at radius 1 is 1.00 bits per heavy atom. The Hall–Kier alpha value is -2.24. The van der Waals surface area contributed by atoms with Crippen LogP contribution in [0.3, 0.4) is 0 Å². The van der Waals surface area contributed by atoms with Crippen LogP contribution in [0.5, 0.6) is 0 Å². The SMILES string of the molecule is Nc1cc(F)cc(NCc2ccc(C(F)(F)F)cc2)c1. The molecular formula is C14H12F4N2. The number of hydrogen-bond donors (Lipinski definition) is 2. The smallest absolute Gasteiger partial charge is 0.399 e. The van der Waals surface area contributed by atoms with E-state index in [1.165, 1.54) is 24.3 Å². The number of nitrogens with one attached hydrogen (secondary N) is 1. The summed E-state index contributed by atoms with van der Waals surface area (Å²) in [5.74, 6) is -0.472. The Bertz CT molecular complexity index is 571. The third kappa shape index (κ3) is 3.63. The lowest BCUT2D eigenvalue weighted by molar-refractivity contribution is -0.137. The molecule has 0 fully saturated rings. The standard InChI is InChI=1S/C14H12F4N2/c15-11-5-12(19)7-13(6-11)20-8-9-1-3-10(4-2-9)14(16,17)18/h1-7,20H,8,19H2. The molecule has 0 amide bonds. The van der Waals surface area contributed by atoms with Crippen LogP contribution in [0.25, 0.3) is 0 Å². The average Bonchev–Trinajstić information content (AvgIpc) is 2.35. The first-order valence-corrected chi connectivity index (χ1v) is 5.81. The molecule has 3 N–H and O–H groups in total. The van der Waals surface area contributed by atoms with Crippen molar-refractivity contribution in [2.45, 2.75) is 12.7 Å². The molecule has 2 rings (SSSR count). The fourth-order valence-corrected chi connectivity index (χ4v) is 1.73. The van der Waals surface area contributed by atoms with Crippen LogP contribution in [-0.2, 0) is 12.7 Å². The van der Waals surface area contributed by atoms with Crippen molar-refractivity contribution in [2.75, 3.05) is 11.1 Å². The van der Waals surface area contributed by atoms with E-state index in [1.54, 1.807) is 6.07 Å². The van der Waals surface area contributed by atoms with Gasteiger partial charge in [-0.3, -0.25) is 0 Å². The second kappa shape index (κ2) is 5.40. The van der Waals surface area contributed by atoms with Crippen molar-refractivity contribution in [3.8, 4) is 0 Å². The van der Waals surface area contributed by atoms with Gasteiger partial charge in [0.25, 0.3) is 0 Å². The molecule has 0 aliphatic heterocycles. The van der Waals surface area contributed by atoms with Gasteiger partial charge in [0.05, 0.1) is 5.56 Å². The number of nitrogens with two attached hydrogens (primary N) is 1. The lowest BCUT2D eigenvalue weighted by atomic mass is 10.1. The van der Waals surface area contributed by atoms with E-state index in [1.807, 2.05) is 0 Å². The van der Waals surface area contributed by atoms with Gasteiger partial charge in [-0.05, 0) is 35.9 Å². The molecule has 0 bridgehead atoms. The molecule has 6 heteroatoms. The van der Waals surface area contributed by atoms with Crippen molar-refractivity contribution in [3.05, 3.63) is 59.4 Å². The van der Waals surface area contributed by atoms with E-state index in [2.05, 4.69) is 5.32 Å². The van der Waals surface area contributed by atoms with Crippen LogP contribution in [0, 0.1) is 5.82 Å². The zero-order valence-electron chi connectivity index (χ0n) is 10.3. The quantitative estimate of drug-likeness (QED) is 0.659. The maximum Gasteiger partial charge on any atom is 0.416 e. The number of hydrogen-bond acceptors (Lipinski definition) is 2. The van der Waals surface area contributed by atoms with E-state index in [9.17, 15) is 17.6 Å². The summed E-state index contributed by atoms with van der Waals surface area (Å²) in [4.78, 5) is 0. The van der Waals surface area contributed by atoms with E-state index in [0.717, 1.165) is 12.1 Å². The molecule has 2 aromatic carbocycles. The van der Waals surface area contributed by atoms with Crippen molar-refractivity contribution in [2.24, 2.45) is 0 Å². The first-order valence-electron chi connectivity index (χ1n) is 5.81. The van der Waals surface area contributed by atoms with E-state index < -0.39 is 17.6 Å². The zero-order chi connectivity index (χ0) is 14.8. The summed E-state index contributed by atoms with van der Waals surface area (Å²) in [6, 6.07) is 8.77. The van der Waals surface area contributed by atoms with Crippen molar-refractivity contribution in [1.29, 1.82) is 0 Å². The fraction of sp³-hybridized carbons (Fsp3) is 0.143. The predicted molar refractivity (Wildman–Crippen MR) is 69.6 cm³/mol. The number of nitrogen functional groups attached to an aromatic ring is 1. The number of halogens is 4. The first-order chi connectivity index (χ1) is 9.34. The van der Waals surface area contributed by atoms with Crippen LogP contribution in [0.15, 0.2) is 42.5 Å². The van der Waals surface area contributed by atoms with Crippen molar-refractivity contribution in [1.82, 2.24) is 0 Å². The normalized spacial score (nSPS) is 11.4. The molecule has 106 valence electrons. The lowest BCUT2D eigenvalue weighted by Crippen LogP contribution is -2.05.